The number of fused-ring (bicyclic) bond motifs is 1. The van der Waals surface area contributed by atoms with Crippen LogP contribution in [0.3, 0.4) is 0 Å². The van der Waals surface area contributed by atoms with E-state index in [2.05, 4.69) is 0 Å². The molecule has 2 aliphatic heterocycles. The lowest BCUT2D eigenvalue weighted by Gasteiger charge is -2.33. The van der Waals surface area contributed by atoms with Crippen molar-refractivity contribution in [2.75, 3.05) is 32.1 Å². The number of esters is 1. The van der Waals surface area contributed by atoms with E-state index in [4.69, 9.17) is 9.47 Å². The largest absolute Gasteiger partial charge is 0.471 e. The molecule has 2 atom stereocenters. The van der Waals surface area contributed by atoms with Gasteiger partial charge >= 0.3 is 24.1 Å². The molecule has 4 rings (SSSR count). The molecule has 16 heteroatoms. The molecule has 12 nitrogen and oxygen atoms in total. The normalized spacial score (nSPS) is 17.6. The van der Waals surface area contributed by atoms with Gasteiger partial charge in [0.15, 0.2) is 0 Å². The number of benzene rings is 2. The number of hydrogen-bond acceptors (Lipinski definition) is 8. The van der Waals surface area contributed by atoms with Gasteiger partial charge in [0, 0.05) is 39.4 Å². The van der Waals surface area contributed by atoms with Crippen LogP contribution >= 0.6 is 0 Å². The zero-order valence-electron chi connectivity index (χ0n) is 26.6. The second kappa shape index (κ2) is 13.9. The molecule has 1 fully saturated rings. The summed E-state index contributed by atoms with van der Waals surface area (Å²) in [4.78, 5) is 53.9. The van der Waals surface area contributed by atoms with E-state index in [1.54, 1.807) is 13.8 Å². The summed E-state index contributed by atoms with van der Waals surface area (Å²) in [6.07, 6.45) is -5.61. The lowest BCUT2D eigenvalue weighted by Crippen LogP contribution is -2.53. The van der Waals surface area contributed by atoms with E-state index in [9.17, 15) is 40.8 Å². The van der Waals surface area contributed by atoms with Gasteiger partial charge < -0.3 is 19.3 Å². The topological polar surface area (TPSA) is 134 Å². The molecule has 0 aliphatic carbocycles. The van der Waals surface area contributed by atoms with Crippen LogP contribution in [0.25, 0.3) is 0 Å². The number of hydrogen-bond donors (Lipinski definition) is 0. The van der Waals surface area contributed by atoms with Gasteiger partial charge in [0.2, 0.25) is 15.9 Å². The number of sulfonamides is 1. The lowest BCUT2D eigenvalue weighted by molar-refractivity contribution is -0.186. The first-order valence-corrected chi connectivity index (χ1v) is 16.4. The molecule has 0 N–H and O–H groups in total. The Morgan fingerprint density at radius 2 is 1.62 bits per heavy atom. The minimum absolute atomic E-state index is 0.0212. The molecule has 0 spiro atoms. The van der Waals surface area contributed by atoms with E-state index in [-0.39, 0.29) is 47.8 Å². The molecule has 0 radical (unpaired) electrons. The number of halogens is 3. The van der Waals surface area contributed by atoms with Crippen molar-refractivity contribution >= 4 is 39.6 Å². The first-order chi connectivity index (χ1) is 21.9. The Morgan fingerprint density at radius 1 is 0.957 bits per heavy atom. The van der Waals surface area contributed by atoms with Crippen molar-refractivity contribution < 1.29 is 50.2 Å². The number of amides is 3. The number of ether oxygens (including phenoxy) is 2. The summed E-state index contributed by atoms with van der Waals surface area (Å²) in [6, 6.07) is 7.47. The third kappa shape index (κ3) is 7.87. The standard InChI is InChI=1S/C31H37F3N4O8S/c1-19(2)45-28(40)20(3)38(23-9-11-24(12-10-23)46-30(42)35(4)5)27(39)26-7-6-15-37(26)47(43,44)25-13-8-21-14-16-36(18-22(21)17-25)29(41)31(32,33)34/h8-13,17,19-20,26H,6-7,14-16,18H2,1-5H3/t20-,26-/m0/s1. The van der Waals surface area contributed by atoms with Gasteiger partial charge in [0.1, 0.15) is 17.8 Å². The Hall–Kier alpha value is -4.18. The van der Waals surface area contributed by atoms with Crippen molar-refractivity contribution in [3.63, 3.8) is 0 Å². The first-order valence-electron chi connectivity index (χ1n) is 14.9. The molecule has 3 amide bonds. The number of carbonyl (C=O) groups excluding carboxylic acids is 4. The van der Waals surface area contributed by atoms with Crippen molar-refractivity contribution in [2.24, 2.45) is 0 Å². The fourth-order valence-electron chi connectivity index (χ4n) is 5.46. The zero-order chi connectivity index (χ0) is 34.8. The van der Waals surface area contributed by atoms with Gasteiger partial charge in [0.25, 0.3) is 0 Å². The molecular weight excluding hydrogens is 645 g/mol. The van der Waals surface area contributed by atoms with Crippen LogP contribution in [-0.2, 0) is 42.1 Å². The molecular formula is C31H37F3N4O8S. The van der Waals surface area contributed by atoms with Crippen LogP contribution in [0.5, 0.6) is 5.75 Å². The highest BCUT2D eigenvalue weighted by atomic mass is 32.2. The van der Waals surface area contributed by atoms with E-state index < -0.39 is 64.8 Å². The maximum atomic E-state index is 14.2. The number of alkyl halides is 3. The first kappa shape index (κ1) is 35.7. The molecule has 2 aromatic rings. The number of rotatable bonds is 8. The van der Waals surface area contributed by atoms with Gasteiger partial charge in [-0.3, -0.25) is 14.5 Å². The molecule has 0 saturated carbocycles. The monoisotopic (exact) mass is 682 g/mol. The lowest BCUT2D eigenvalue weighted by atomic mass is 10.00. The van der Waals surface area contributed by atoms with E-state index in [0.717, 1.165) is 9.21 Å². The summed E-state index contributed by atoms with van der Waals surface area (Å²) in [5.74, 6) is -3.25. The van der Waals surface area contributed by atoms with Crippen molar-refractivity contribution in [3.05, 3.63) is 53.6 Å². The Morgan fingerprint density at radius 3 is 2.21 bits per heavy atom. The van der Waals surface area contributed by atoms with Crippen LogP contribution in [0.2, 0.25) is 0 Å². The summed E-state index contributed by atoms with van der Waals surface area (Å²) in [6.45, 7) is 4.15. The zero-order valence-corrected chi connectivity index (χ0v) is 27.4. The molecule has 2 aliphatic rings. The van der Waals surface area contributed by atoms with Gasteiger partial charge in [0.05, 0.1) is 11.0 Å². The fourth-order valence-corrected chi connectivity index (χ4v) is 7.16. The Labute approximate surface area is 271 Å². The third-order valence-electron chi connectivity index (χ3n) is 7.82. The highest BCUT2D eigenvalue weighted by Gasteiger charge is 2.45. The molecule has 2 heterocycles. The molecule has 1 saturated heterocycles. The van der Waals surface area contributed by atoms with E-state index in [1.807, 2.05) is 0 Å². The number of anilines is 1. The minimum atomic E-state index is -5.06. The van der Waals surface area contributed by atoms with E-state index in [0.29, 0.717) is 16.9 Å². The van der Waals surface area contributed by atoms with Crippen LogP contribution in [0.15, 0.2) is 47.4 Å². The molecule has 0 unspecified atom stereocenters. The van der Waals surface area contributed by atoms with Gasteiger partial charge in [-0.1, -0.05) is 6.07 Å². The van der Waals surface area contributed by atoms with E-state index in [1.165, 1.54) is 68.4 Å². The van der Waals surface area contributed by atoms with Crippen LogP contribution < -0.4 is 9.64 Å². The number of nitrogens with zero attached hydrogens (tertiary/aromatic N) is 4. The summed E-state index contributed by atoms with van der Waals surface area (Å²) >= 11 is 0. The smallest absolute Gasteiger partial charge is 0.461 e. The molecule has 256 valence electrons. The highest BCUT2D eigenvalue weighted by Crippen LogP contribution is 2.33. The van der Waals surface area contributed by atoms with Gasteiger partial charge in [-0.2, -0.15) is 17.5 Å². The maximum absolute atomic E-state index is 14.2. The predicted octanol–water partition coefficient (Wildman–Crippen LogP) is 3.72. The maximum Gasteiger partial charge on any atom is 0.471 e. The minimum Gasteiger partial charge on any atom is -0.461 e. The number of carbonyl (C=O) groups is 4. The van der Waals surface area contributed by atoms with Gasteiger partial charge in [-0.15, -0.1) is 0 Å². The summed E-state index contributed by atoms with van der Waals surface area (Å²) in [5.41, 5.74) is 1.10. The van der Waals surface area contributed by atoms with Crippen LogP contribution in [0.1, 0.15) is 44.7 Å². The van der Waals surface area contributed by atoms with Crippen LogP contribution in [0, 0.1) is 0 Å². The van der Waals surface area contributed by atoms with Crippen molar-refractivity contribution in [1.29, 1.82) is 0 Å². The van der Waals surface area contributed by atoms with Crippen molar-refractivity contribution in [1.82, 2.24) is 14.1 Å². The Balaban J connectivity index is 1.65. The van der Waals surface area contributed by atoms with Crippen LogP contribution in [0.4, 0.5) is 23.7 Å². The molecule has 0 bridgehead atoms. The average Bonchev–Trinajstić information content (AvgIpc) is 3.51. The van der Waals surface area contributed by atoms with Crippen molar-refractivity contribution in [3.8, 4) is 5.75 Å². The third-order valence-corrected chi connectivity index (χ3v) is 9.72. The Bertz CT molecular complexity index is 1630. The van der Waals surface area contributed by atoms with Gasteiger partial charge in [-0.05, 0) is 87.6 Å². The SMILES string of the molecule is CC(C)OC(=O)[C@H](C)N(C(=O)[C@@H]1CCCN1S(=O)(=O)c1ccc2c(c1)CN(C(=O)C(F)(F)F)CC2)c1ccc(OC(=O)N(C)C)cc1. The van der Waals surface area contributed by atoms with Crippen molar-refractivity contribution in [2.45, 2.75) is 75.8 Å². The van der Waals surface area contributed by atoms with Gasteiger partial charge in [-0.25, -0.2) is 18.0 Å². The second-order valence-electron chi connectivity index (χ2n) is 11.8. The summed E-state index contributed by atoms with van der Waals surface area (Å²) < 4.78 is 78.8. The van der Waals surface area contributed by atoms with Crippen LogP contribution in [-0.4, -0.2) is 97.9 Å². The van der Waals surface area contributed by atoms with E-state index >= 15 is 0 Å². The molecule has 0 aromatic heterocycles. The average molecular weight is 683 g/mol. The summed E-state index contributed by atoms with van der Waals surface area (Å²) in [5, 5.41) is 0. The highest BCUT2D eigenvalue weighted by molar-refractivity contribution is 7.89. The molecule has 47 heavy (non-hydrogen) atoms. The summed E-state index contributed by atoms with van der Waals surface area (Å²) in [7, 11) is -1.34. The fraction of sp³-hybridized carbons (Fsp3) is 0.484. The second-order valence-corrected chi connectivity index (χ2v) is 13.7. The molecule has 2 aromatic carbocycles. The predicted molar refractivity (Wildman–Crippen MR) is 163 cm³/mol. The quantitative estimate of drug-likeness (QED) is 0.385. The Kier molecular flexibility index (Phi) is 10.5.